The Kier molecular flexibility index (Phi) is 7.58. The molecule has 0 fully saturated rings. The Hall–Kier alpha value is -3.35. The van der Waals surface area contributed by atoms with E-state index in [1.54, 1.807) is 49.6 Å². The van der Waals surface area contributed by atoms with Gasteiger partial charge in [-0.3, -0.25) is 14.4 Å². The van der Waals surface area contributed by atoms with E-state index < -0.39 is 5.41 Å². The molecule has 0 heterocycles. The first-order chi connectivity index (χ1) is 14.1. The molecule has 0 aromatic heterocycles. The summed E-state index contributed by atoms with van der Waals surface area (Å²) in [5, 5.41) is 5.49. The molecule has 0 saturated heterocycles. The average molecular weight is 412 g/mol. The highest BCUT2D eigenvalue weighted by Crippen LogP contribution is 2.30. The Morgan fingerprint density at radius 1 is 0.900 bits per heavy atom. The van der Waals surface area contributed by atoms with Crippen molar-refractivity contribution in [2.75, 3.05) is 24.9 Å². The fourth-order valence-electron chi connectivity index (χ4n) is 3.08. The number of hydrogen-bond donors (Lipinski definition) is 2. The van der Waals surface area contributed by atoms with Gasteiger partial charge in [-0.15, -0.1) is 0 Å². The number of carbonyl (C=O) groups excluding carboxylic acids is 3. The number of amides is 2. The van der Waals surface area contributed by atoms with Gasteiger partial charge in [0.2, 0.25) is 11.8 Å². The molecule has 0 radical (unpaired) electrons. The topological polar surface area (TPSA) is 93.7 Å². The molecule has 0 aliphatic carbocycles. The molecule has 0 aliphatic rings. The van der Waals surface area contributed by atoms with Gasteiger partial charge in [-0.2, -0.15) is 0 Å². The Morgan fingerprint density at radius 2 is 1.57 bits per heavy atom. The second-order valence-corrected chi connectivity index (χ2v) is 7.81. The van der Waals surface area contributed by atoms with Crippen molar-refractivity contribution in [3.63, 3.8) is 0 Å². The zero-order valence-corrected chi connectivity index (χ0v) is 18.0. The van der Waals surface area contributed by atoms with Crippen LogP contribution in [0.15, 0.2) is 42.5 Å². The van der Waals surface area contributed by atoms with Gasteiger partial charge in [0.1, 0.15) is 11.5 Å². The summed E-state index contributed by atoms with van der Waals surface area (Å²) in [6.07, 6.45) is 0.405. The normalized spacial score (nSPS) is 10.8. The smallest absolute Gasteiger partial charge is 0.224 e. The zero-order chi connectivity index (χ0) is 22.3. The molecular weight excluding hydrogens is 384 g/mol. The Balaban J connectivity index is 2.00. The van der Waals surface area contributed by atoms with Crippen molar-refractivity contribution >= 4 is 29.0 Å². The third-order valence-electron chi connectivity index (χ3n) is 4.49. The lowest BCUT2D eigenvalue weighted by atomic mass is 9.82. The van der Waals surface area contributed by atoms with E-state index in [1.165, 1.54) is 14.0 Å². The second-order valence-electron chi connectivity index (χ2n) is 7.81. The van der Waals surface area contributed by atoms with Gasteiger partial charge in [-0.25, -0.2) is 0 Å². The number of rotatable bonds is 9. The number of anilines is 2. The molecule has 0 saturated carbocycles. The standard InChI is InChI=1S/C23H28N2O5/c1-15(26)24-19-11-8-17(12-21(19)30-5)25-22(28)14-23(2,3)13-20(27)16-6-9-18(29-4)10-7-16/h6-12H,13-14H2,1-5H3,(H,24,26)(H,25,28). The third-order valence-corrected chi connectivity index (χ3v) is 4.49. The molecule has 7 heteroatoms. The number of methoxy groups -OCH3 is 2. The highest BCUT2D eigenvalue weighted by atomic mass is 16.5. The van der Waals surface area contributed by atoms with Crippen LogP contribution < -0.4 is 20.1 Å². The van der Waals surface area contributed by atoms with Gasteiger partial charge >= 0.3 is 0 Å². The van der Waals surface area contributed by atoms with Gasteiger partial charge in [-0.1, -0.05) is 13.8 Å². The second kappa shape index (κ2) is 9.91. The summed E-state index contributed by atoms with van der Waals surface area (Å²) in [6.45, 7) is 5.17. The van der Waals surface area contributed by atoms with Crippen LogP contribution in [-0.2, 0) is 9.59 Å². The van der Waals surface area contributed by atoms with Gasteiger partial charge in [0, 0.05) is 37.1 Å². The monoisotopic (exact) mass is 412 g/mol. The molecule has 30 heavy (non-hydrogen) atoms. The van der Waals surface area contributed by atoms with Crippen LogP contribution in [0.2, 0.25) is 0 Å². The Labute approximate surface area is 176 Å². The van der Waals surface area contributed by atoms with E-state index in [0.29, 0.717) is 28.4 Å². The van der Waals surface area contributed by atoms with Gasteiger partial charge in [0.25, 0.3) is 0 Å². The molecule has 0 aliphatic heterocycles. The molecular formula is C23H28N2O5. The molecule has 160 valence electrons. The number of Topliss-reactive ketones (excluding diaryl/α,β-unsaturated/α-hetero) is 1. The van der Waals surface area contributed by atoms with Gasteiger partial charge in [0.15, 0.2) is 5.78 Å². The minimum atomic E-state index is -0.526. The first-order valence-corrected chi connectivity index (χ1v) is 9.56. The van der Waals surface area contributed by atoms with E-state index in [4.69, 9.17) is 9.47 Å². The summed E-state index contributed by atoms with van der Waals surface area (Å²) >= 11 is 0. The molecule has 2 amide bonds. The molecule has 0 atom stereocenters. The summed E-state index contributed by atoms with van der Waals surface area (Å²) in [5.41, 5.74) is 1.13. The Morgan fingerprint density at radius 3 is 2.13 bits per heavy atom. The minimum Gasteiger partial charge on any atom is -0.497 e. The van der Waals surface area contributed by atoms with E-state index in [2.05, 4.69) is 10.6 Å². The largest absolute Gasteiger partial charge is 0.497 e. The molecule has 0 spiro atoms. The fraction of sp³-hybridized carbons (Fsp3) is 0.348. The highest BCUT2D eigenvalue weighted by molar-refractivity contribution is 5.98. The van der Waals surface area contributed by atoms with Crippen molar-refractivity contribution in [2.24, 2.45) is 5.41 Å². The van der Waals surface area contributed by atoms with Gasteiger partial charge < -0.3 is 20.1 Å². The van der Waals surface area contributed by atoms with Crippen LogP contribution in [0.3, 0.4) is 0 Å². The summed E-state index contributed by atoms with van der Waals surface area (Å²) in [4.78, 5) is 36.4. The first kappa shape index (κ1) is 22.9. The average Bonchev–Trinajstić information content (AvgIpc) is 2.67. The van der Waals surface area contributed by atoms with E-state index in [-0.39, 0.29) is 30.4 Å². The summed E-state index contributed by atoms with van der Waals surface area (Å²) in [6, 6.07) is 11.9. The Bertz CT molecular complexity index is 920. The minimum absolute atomic E-state index is 0.0308. The lowest BCUT2D eigenvalue weighted by molar-refractivity contribution is -0.118. The van der Waals surface area contributed by atoms with Gasteiger partial charge in [0.05, 0.1) is 19.9 Å². The molecule has 2 N–H and O–H groups in total. The third kappa shape index (κ3) is 6.62. The van der Waals surface area contributed by atoms with Crippen LogP contribution in [-0.4, -0.2) is 31.8 Å². The van der Waals surface area contributed by atoms with Crippen LogP contribution in [0.25, 0.3) is 0 Å². The molecule has 2 aromatic carbocycles. The van der Waals surface area contributed by atoms with Crippen LogP contribution in [0.5, 0.6) is 11.5 Å². The molecule has 7 nitrogen and oxygen atoms in total. The van der Waals surface area contributed by atoms with E-state index in [0.717, 1.165) is 0 Å². The number of nitrogens with one attached hydrogen (secondary N) is 2. The van der Waals surface area contributed by atoms with Crippen molar-refractivity contribution < 1.29 is 23.9 Å². The van der Waals surface area contributed by atoms with Crippen molar-refractivity contribution in [1.29, 1.82) is 0 Å². The van der Waals surface area contributed by atoms with Gasteiger partial charge in [-0.05, 0) is 41.8 Å². The first-order valence-electron chi connectivity index (χ1n) is 9.56. The van der Waals surface area contributed by atoms with E-state index in [1.807, 2.05) is 13.8 Å². The predicted octanol–water partition coefficient (Wildman–Crippen LogP) is 4.29. The number of benzene rings is 2. The maximum atomic E-state index is 12.6. The van der Waals surface area contributed by atoms with E-state index in [9.17, 15) is 14.4 Å². The quantitative estimate of drug-likeness (QED) is 0.599. The maximum Gasteiger partial charge on any atom is 0.224 e. The fourth-order valence-corrected chi connectivity index (χ4v) is 3.08. The van der Waals surface area contributed by atoms with Crippen LogP contribution in [0, 0.1) is 5.41 Å². The van der Waals surface area contributed by atoms with Crippen LogP contribution in [0.4, 0.5) is 11.4 Å². The SMILES string of the molecule is COc1ccc(C(=O)CC(C)(C)CC(=O)Nc2ccc(NC(C)=O)c(OC)c2)cc1. The number of ketones is 1. The molecule has 2 rings (SSSR count). The number of carbonyl (C=O) groups is 3. The summed E-state index contributed by atoms with van der Waals surface area (Å²) < 4.78 is 10.4. The van der Waals surface area contributed by atoms with Crippen molar-refractivity contribution in [3.05, 3.63) is 48.0 Å². The van der Waals surface area contributed by atoms with Crippen molar-refractivity contribution in [3.8, 4) is 11.5 Å². The van der Waals surface area contributed by atoms with Crippen molar-refractivity contribution in [2.45, 2.75) is 33.6 Å². The molecule has 2 aromatic rings. The summed E-state index contributed by atoms with van der Waals surface area (Å²) in [5.74, 6) is 0.670. The van der Waals surface area contributed by atoms with Crippen LogP contribution in [0.1, 0.15) is 44.0 Å². The van der Waals surface area contributed by atoms with Crippen molar-refractivity contribution in [1.82, 2.24) is 0 Å². The highest BCUT2D eigenvalue weighted by Gasteiger charge is 2.26. The van der Waals surface area contributed by atoms with Crippen LogP contribution >= 0.6 is 0 Å². The number of ether oxygens (including phenoxy) is 2. The lowest BCUT2D eigenvalue weighted by Gasteiger charge is -2.23. The summed E-state index contributed by atoms with van der Waals surface area (Å²) in [7, 11) is 3.06. The van der Waals surface area contributed by atoms with E-state index >= 15 is 0 Å². The predicted molar refractivity (Wildman–Crippen MR) is 116 cm³/mol. The molecule has 0 bridgehead atoms. The maximum absolute atomic E-state index is 12.6. The molecule has 0 unspecified atom stereocenters. The number of hydrogen-bond acceptors (Lipinski definition) is 5. The zero-order valence-electron chi connectivity index (χ0n) is 18.0. The lowest BCUT2D eigenvalue weighted by Crippen LogP contribution is -2.25.